The molecule has 5 heteroatoms. The summed E-state index contributed by atoms with van der Waals surface area (Å²) in [4.78, 5) is 8.75. The summed E-state index contributed by atoms with van der Waals surface area (Å²) in [5.41, 5.74) is 9.82. The van der Waals surface area contributed by atoms with Gasteiger partial charge in [0, 0.05) is 10.9 Å². The van der Waals surface area contributed by atoms with Gasteiger partial charge in [0.2, 0.25) is 0 Å². The Morgan fingerprint density at radius 3 is 2.81 bits per heavy atom. The number of aryl methyl sites for hydroxylation is 1. The largest absolute Gasteiger partial charge is 0.333 e. The second-order valence-corrected chi connectivity index (χ2v) is 6.17. The molecule has 0 radical (unpaired) electrons. The van der Waals surface area contributed by atoms with Gasteiger partial charge in [-0.05, 0) is 55.3 Å². The first kappa shape index (κ1) is 14.1. The molecule has 0 saturated carbocycles. The highest BCUT2D eigenvalue weighted by atomic mass is 32.2. The second kappa shape index (κ2) is 5.50. The Bertz CT molecular complexity index is 795. The van der Waals surface area contributed by atoms with Gasteiger partial charge in [-0.2, -0.15) is 0 Å². The maximum absolute atomic E-state index is 13.4. The lowest BCUT2D eigenvalue weighted by Gasteiger charge is -2.11. The minimum absolute atomic E-state index is 0.227. The Labute approximate surface area is 126 Å². The average Bonchev–Trinajstić information content (AvgIpc) is 2.82. The predicted octanol–water partition coefficient (Wildman–Crippen LogP) is 4.18. The van der Waals surface area contributed by atoms with E-state index in [0.29, 0.717) is 0 Å². The molecule has 3 nitrogen and oxygen atoms in total. The molecule has 3 N–H and O–H groups in total. The summed E-state index contributed by atoms with van der Waals surface area (Å²) in [5.74, 6) is -0.271. The summed E-state index contributed by atoms with van der Waals surface area (Å²) >= 11 is 1.47. The summed E-state index contributed by atoms with van der Waals surface area (Å²) in [5, 5.41) is 0.782. The Morgan fingerprint density at radius 2 is 2.05 bits per heavy atom. The van der Waals surface area contributed by atoms with Crippen LogP contribution in [0.3, 0.4) is 0 Å². The molecule has 1 unspecified atom stereocenters. The van der Waals surface area contributed by atoms with E-state index in [1.165, 1.54) is 29.5 Å². The fraction of sp³-hybridized carbons (Fsp3) is 0.188. The fourth-order valence-electron chi connectivity index (χ4n) is 2.22. The molecule has 0 aliphatic rings. The van der Waals surface area contributed by atoms with E-state index >= 15 is 0 Å². The number of H-pyrrole nitrogens is 1. The maximum Gasteiger partial charge on any atom is 0.171 e. The van der Waals surface area contributed by atoms with E-state index in [1.54, 1.807) is 6.07 Å². The predicted molar refractivity (Wildman–Crippen MR) is 84.0 cm³/mol. The van der Waals surface area contributed by atoms with Crippen molar-refractivity contribution in [1.82, 2.24) is 9.97 Å². The van der Waals surface area contributed by atoms with Crippen LogP contribution in [-0.4, -0.2) is 9.97 Å². The van der Waals surface area contributed by atoms with E-state index in [9.17, 15) is 4.39 Å². The Hall–Kier alpha value is -1.85. The Kier molecular flexibility index (Phi) is 3.69. The van der Waals surface area contributed by atoms with Crippen molar-refractivity contribution in [3.05, 3.63) is 53.3 Å². The van der Waals surface area contributed by atoms with Crippen LogP contribution in [0.4, 0.5) is 4.39 Å². The molecule has 0 bridgehead atoms. The first-order chi connectivity index (χ1) is 10.0. The van der Waals surface area contributed by atoms with E-state index in [1.807, 2.05) is 26.0 Å². The van der Waals surface area contributed by atoms with Gasteiger partial charge in [0.25, 0.3) is 0 Å². The SMILES string of the molecule is Cc1ccc2nc(Sc3ccc(F)cc3C(C)N)[nH]c2c1. The number of nitrogens with one attached hydrogen (secondary N) is 1. The minimum Gasteiger partial charge on any atom is -0.333 e. The molecule has 0 aliphatic carbocycles. The number of fused-ring (bicyclic) bond motifs is 1. The molecule has 1 aromatic heterocycles. The van der Waals surface area contributed by atoms with Gasteiger partial charge in [-0.1, -0.05) is 17.8 Å². The van der Waals surface area contributed by atoms with Crippen LogP contribution in [0, 0.1) is 12.7 Å². The van der Waals surface area contributed by atoms with Crippen molar-refractivity contribution < 1.29 is 4.39 Å². The molecule has 0 saturated heterocycles. The third kappa shape index (κ3) is 2.94. The molecule has 3 aromatic rings. The molecule has 1 heterocycles. The molecule has 0 spiro atoms. The zero-order valence-electron chi connectivity index (χ0n) is 11.9. The van der Waals surface area contributed by atoms with Gasteiger partial charge >= 0.3 is 0 Å². The molecular weight excluding hydrogens is 285 g/mol. The number of hydrogen-bond donors (Lipinski definition) is 2. The molecule has 1 atom stereocenters. The first-order valence-electron chi connectivity index (χ1n) is 6.72. The van der Waals surface area contributed by atoms with E-state index < -0.39 is 0 Å². The zero-order chi connectivity index (χ0) is 15.0. The van der Waals surface area contributed by atoms with Gasteiger partial charge in [0.15, 0.2) is 5.16 Å². The van der Waals surface area contributed by atoms with E-state index in [-0.39, 0.29) is 11.9 Å². The van der Waals surface area contributed by atoms with Crippen LogP contribution >= 0.6 is 11.8 Å². The number of nitrogens with two attached hydrogens (primary N) is 1. The van der Waals surface area contributed by atoms with E-state index in [0.717, 1.165) is 26.6 Å². The second-order valence-electron chi connectivity index (χ2n) is 5.14. The summed E-state index contributed by atoms with van der Waals surface area (Å²) in [6.45, 7) is 3.89. The van der Waals surface area contributed by atoms with Crippen molar-refractivity contribution in [1.29, 1.82) is 0 Å². The Morgan fingerprint density at radius 1 is 1.24 bits per heavy atom. The third-order valence-corrected chi connectivity index (χ3v) is 4.26. The molecule has 0 aliphatic heterocycles. The van der Waals surface area contributed by atoms with Gasteiger partial charge in [-0.25, -0.2) is 9.37 Å². The van der Waals surface area contributed by atoms with Gasteiger partial charge in [-0.3, -0.25) is 0 Å². The summed E-state index contributed by atoms with van der Waals surface area (Å²) in [7, 11) is 0. The van der Waals surface area contributed by atoms with E-state index in [2.05, 4.69) is 16.0 Å². The maximum atomic E-state index is 13.4. The monoisotopic (exact) mass is 301 g/mol. The smallest absolute Gasteiger partial charge is 0.171 e. The lowest BCUT2D eigenvalue weighted by atomic mass is 10.1. The Balaban J connectivity index is 1.98. The number of nitrogens with zero attached hydrogens (tertiary/aromatic N) is 1. The lowest BCUT2D eigenvalue weighted by molar-refractivity contribution is 0.619. The summed E-state index contributed by atoms with van der Waals surface area (Å²) < 4.78 is 13.4. The third-order valence-electron chi connectivity index (χ3n) is 3.28. The van der Waals surface area contributed by atoms with Crippen molar-refractivity contribution >= 4 is 22.8 Å². The van der Waals surface area contributed by atoms with Crippen LogP contribution in [0.15, 0.2) is 46.5 Å². The number of halogens is 1. The summed E-state index contributed by atoms with van der Waals surface area (Å²) in [6.07, 6.45) is 0. The van der Waals surface area contributed by atoms with Crippen molar-refractivity contribution in [2.75, 3.05) is 0 Å². The van der Waals surface area contributed by atoms with Crippen LogP contribution in [-0.2, 0) is 0 Å². The quantitative estimate of drug-likeness (QED) is 0.763. The van der Waals surface area contributed by atoms with Crippen LogP contribution < -0.4 is 5.73 Å². The van der Waals surface area contributed by atoms with Gasteiger partial charge in [0.05, 0.1) is 11.0 Å². The number of rotatable bonds is 3. The minimum atomic E-state index is -0.271. The molecule has 0 amide bonds. The van der Waals surface area contributed by atoms with Crippen LogP contribution in [0.1, 0.15) is 24.1 Å². The number of aromatic amines is 1. The molecule has 0 fully saturated rings. The molecule has 21 heavy (non-hydrogen) atoms. The number of hydrogen-bond acceptors (Lipinski definition) is 3. The van der Waals surface area contributed by atoms with Gasteiger partial charge < -0.3 is 10.7 Å². The van der Waals surface area contributed by atoms with Crippen LogP contribution in [0.2, 0.25) is 0 Å². The standard InChI is InChI=1S/C16H16FN3S/c1-9-3-5-13-14(7-9)20-16(19-13)21-15-6-4-11(17)8-12(15)10(2)18/h3-8,10H,18H2,1-2H3,(H,19,20). The first-order valence-corrected chi connectivity index (χ1v) is 7.54. The lowest BCUT2D eigenvalue weighted by Crippen LogP contribution is -2.06. The average molecular weight is 301 g/mol. The van der Waals surface area contributed by atoms with Crippen molar-refractivity contribution in [3.8, 4) is 0 Å². The fourth-order valence-corrected chi connectivity index (χ4v) is 3.23. The number of imidazole rings is 1. The highest BCUT2D eigenvalue weighted by Gasteiger charge is 2.12. The molecular formula is C16H16FN3S. The molecule has 3 rings (SSSR count). The van der Waals surface area contributed by atoms with Crippen molar-refractivity contribution in [2.45, 2.75) is 29.9 Å². The number of benzene rings is 2. The molecule has 2 aromatic carbocycles. The van der Waals surface area contributed by atoms with Crippen molar-refractivity contribution in [3.63, 3.8) is 0 Å². The van der Waals surface area contributed by atoms with Gasteiger partial charge in [-0.15, -0.1) is 0 Å². The molecule has 108 valence electrons. The highest BCUT2D eigenvalue weighted by Crippen LogP contribution is 2.32. The van der Waals surface area contributed by atoms with E-state index in [4.69, 9.17) is 5.73 Å². The van der Waals surface area contributed by atoms with Gasteiger partial charge in [0.1, 0.15) is 5.82 Å². The zero-order valence-corrected chi connectivity index (χ0v) is 12.7. The topological polar surface area (TPSA) is 54.7 Å². The van der Waals surface area contributed by atoms with Crippen LogP contribution in [0.25, 0.3) is 11.0 Å². The van der Waals surface area contributed by atoms with Crippen molar-refractivity contribution in [2.24, 2.45) is 5.73 Å². The highest BCUT2D eigenvalue weighted by molar-refractivity contribution is 7.99. The summed E-state index contributed by atoms with van der Waals surface area (Å²) in [6, 6.07) is 10.5. The number of aromatic nitrogens is 2. The normalized spacial score (nSPS) is 12.8. The van der Waals surface area contributed by atoms with Crippen LogP contribution in [0.5, 0.6) is 0 Å².